The summed E-state index contributed by atoms with van der Waals surface area (Å²) in [6.45, 7) is 6.43. The van der Waals surface area contributed by atoms with Crippen molar-refractivity contribution < 1.29 is 14.2 Å². The van der Waals surface area contributed by atoms with Crippen molar-refractivity contribution in [1.29, 1.82) is 0 Å². The number of halogens is 1. The van der Waals surface area contributed by atoms with Crippen LogP contribution in [-0.2, 0) is 17.8 Å². The molecule has 0 atom stereocenters. The van der Waals surface area contributed by atoms with E-state index in [2.05, 4.69) is 46.8 Å². The van der Waals surface area contributed by atoms with Gasteiger partial charge in [0.05, 0.1) is 13.7 Å². The summed E-state index contributed by atoms with van der Waals surface area (Å²) in [5.41, 5.74) is 4.48. The first-order valence-electron chi connectivity index (χ1n) is 9.36. The number of benzene rings is 2. The number of methoxy groups -OCH3 is 2. The fourth-order valence-electron chi connectivity index (χ4n) is 2.74. The standard InChI is InChI=1S/C22H31N3O3.HI/c1-16-6-9-19(21(12-16)28-11-10-26-4)15-25-22(23-3)24-14-18-8-7-17(2)20(13-18)27-5;/h6-9,12-13H,10-11,14-15H2,1-5H3,(H2,23,24,25);1H. The lowest BCUT2D eigenvalue weighted by atomic mass is 10.1. The topological polar surface area (TPSA) is 64.1 Å². The second-order valence-electron chi connectivity index (χ2n) is 6.54. The molecule has 0 saturated heterocycles. The molecule has 2 rings (SSSR count). The maximum atomic E-state index is 5.85. The van der Waals surface area contributed by atoms with Crippen molar-refractivity contribution in [1.82, 2.24) is 10.6 Å². The maximum absolute atomic E-state index is 5.85. The number of aliphatic imine (C=N–C) groups is 1. The van der Waals surface area contributed by atoms with E-state index in [9.17, 15) is 0 Å². The molecule has 7 heteroatoms. The van der Waals surface area contributed by atoms with Crippen LogP contribution in [0.4, 0.5) is 0 Å². The molecule has 0 fully saturated rings. The zero-order valence-corrected chi connectivity index (χ0v) is 20.2. The Morgan fingerprint density at radius 1 is 0.931 bits per heavy atom. The predicted octanol–water partition coefficient (Wildman–Crippen LogP) is 3.82. The Kier molecular flexibility index (Phi) is 11.5. The van der Waals surface area contributed by atoms with Gasteiger partial charge in [0.1, 0.15) is 18.1 Å². The summed E-state index contributed by atoms with van der Waals surface area (Å²) >= 11 is 0. The number of ether oxygens (including phenoxy) is 3. The molecular formula is C22H32IN3O3. The number of nitrogens with one attached hydrogen (secondary N) is 2. The molecule has 0 unspecified atom stereocenters. The highest BCUT2D eigenvalue weighted by molar-refractivity contribution is 14.0. The Balaban J connectivity index is 0.00000420. The highest BCUT2D eigenvalue weighted by atomic mass is 127. The Morgan fingerprint density at radius 3 is 2.38 bits per heavy atom. The summed E-state index contributed by atoms with van der Waals surface area (Å²) in [7, 11) is 5.12. The third kappa shape index (κ3) is 8.10. The summed E-state index contributed by atoms with van der Waals surface area (Å²) < 4.78 is 16.3. The predicted molar refractivity (Wildman–Crippen MR) is 129 cm³/mol. The van der Waals surface area contributed by atoms with Crippen LogP contribution in [0.5, 0.6) is 11.5 Å². The molecule has 2 aromatic rings. The van der Waals surface area contributed by atoms with Gasteiger partial charge in [-0.2, -0.15) is 0 Å². The van der Waals surface area contributed by atoms with E-state index < -0.39 is 0 Å². The van der Waals surface area contributed by atoms with Gasteiger partial charge in [0.15, 0.2) is 5.96 Å². The van der Waals surface area contributed by atoms with Crippen molar-refractivity contribution in [2.24, 2.45) is 4.99 Å². The third-order valence-electron chi connectivity index (χ3n) is 4.37. The molecule has 0 bridgehead atoms. The average molecular weight is 513 g/mol. The monoisotopic (exact) mass is 513 g/mol. The normalized spacial score (nSPS) is 10.9. The summed E-state index contributed by atoms with van der Waals surface area (Å²) in [6.07, 6.45) is 0. The molecule has 6 nitrogen and oxygen atoms in total. The van der Waals surface area contributed by atoms with Gasteiger partial charge in [-0.15, -0.1) is 24.0 Å². The molecule has 160 valence electrons. The lowest BCUT2D eigenvalue weighted by Gasteiger charge is -2.16. The quantitative estimate of drug-likeness (QED) is 0.231. The van der Waals surface area contributed by atoms with E-state index in [-0.39, 0.29) is 24.0 Å². The van der Waals surface area contributed by atoms with Gasteiger partial charge < -0.3 is 24.8 Å². The van der Waals surface area contributed by atoms with E-state index in [4.69, 9.17) is 14.2 Å². The Labute approximate surface area is 191 Å². The van der Waals surface area contributed by atoms with Crippen LogP contribution in [0.1, 0.15) is 22.3 Å². The molecule has 0 spiro atoms. The van der Waals surface area contributed by atoms with Crippen LogP contribution in [0.25, 0.3) is 0 Å². The first kappa shape index (κ1) is 25.0. The fraction of sp³-hybridized carbons (Fsp3) is 0.409. The molecule has 2 aromatic carbocycles. The van der Waals surface area contributed by atoms with Crippen LogP contribution < -0.4 is 20.1 Å². The smallest absolute Gasteiger partial charge is 0.191 e. The van der Waals surface area contributed by atoms with Crippen molar-refractivity contribution in [3.8, 4) is 11.5 Å². The van der Waals surface area contributed by atoms with E-state index in [0.717, 1.165) is 39.7 Å². The average Bonchev–Trinajstić information content (AvgIpc) is 2.70. The molecule has 0 aromatic heterocycles. The number of hydrogen-bond acceptors (Lipinski definition) is 4. The van der Waals surface area contributed by atoms with Crippen molar-refractivity contribution in [3.63, 3.8) is 0 Å². The minimum Gasteiger partial charge on any atom is -0.496 e. The highest BCUT2D eigenvalue weighted by Crippen LogP contribution is 2.21. The molecule has 2 N–H and O–H groups in total. The van der Waals surface area contributed by atoms with Crippen molar-refractivity contribution >= 4 is 29.9 Å². The van der Waals surface area contributed by atoms with E-state index in [1.807, 2.05) is 19.1 Å². The Hall–Kier alpha value is -2.00. The largest absolute Gasteiger partial charge is 0.496 e. The number of hydrogen-bond donors (Lipinski definition) is 2. The molecule has 0 saturated carbocycles. The Morgan fingerprint density at radius 2 is 1.69 bits per heavy atom. The molecule has 0 heterocycles. The summed E-state index contributed by atoms with van der Waals surface area (Å²) in [6, 6.07) is 12.4. The van der Waals surface area contributed by atoms with E-state index in [1.54, 1.807) is 21.3 Å². The first-order chi connectivity index (χ1) is 13.6. The lowest BCUT2D eigenvalue weighted by Crippen LogP contribution is -2.36. The minimum atomic E-state index is 0. The molecule has 0 amide bonds. The van der Waals surface area contributed by atoms with Crippen LogP contribution in [-0.4, -0.2) is 40.4 Å². The fourth-order valence-corrected chi connectivity index (χ4v) is 2.74. The molecule has 0 aliphatic heterocycles. The van der Waals surface area contributed by atoms with Crippen LogP contribution in [0.15, 0.2) is 41.4 Å². The maximum Gasteiger partial charge on any atom is 0.191 e. The van der Waals surface area contributed by atoms with E-state index >= 15 is 0 Å². The molecule has 29 heavy (non-hydrogen) atoms. The summed E-state index contributed by atoms with van der Waals surface area (Å²) in [5, 5.41) is 6.68. The van der Waals surface area contributed by atoms with Gasteiger partial charge in [0.2, 0.25) is 0 Å². The van der Waals surface area contributed by atoms with Gasteiger partial charge in [-0.05, 0) is 42.7 Å². The zero-order valence-electron chi connectivity index (χ0n) is 17.9. The molecular weight excluding hydrogens is 481 g/mol. The van der Waals surface area contributed by atoms with Crippen molar-refractivity contribution in [2.75, 3.05) is 34.5 Å². The molecule has 0 radical (unpaired) electrons. The SMILES string of the molecule is CN=C(NCc1ccc(C)c(OC)c1)NCc1ccc(C)cc1OCCOC.I. The second kappa shape index (κ2) is 13.3. The van der Waals surface area contributed by atoms with E-state index in [0.29, 0.717) is 26.3 Å². The lowest BCUT2D eigenvalue weighted by molar-refractivity contribution is 0.145. The van der Waals surface area contributed by atoms with Gasteiger partial charge in [0, 0.05) is 32.8 Å². The van der Waals surface area contributed by atoms with Crippen LogP contribution in [0, 0.1) is 13.8 Å². The highest BCUT2D eigenvalue weighted by Gasteiger charge is 2.07. The summed E-state index contributed by atoms with van der Waals surface area (Å²) in [5.74, 6) is 2.48. The molecule has 0 aliphatic carbocycles. The van der Waals surface area contributed by atoms with Crippen LogP contribution in [0.2, 0.25) is 0 Å². The number of nitrogens with zero attached hydrogens (tertiary/aromatic N) is 1. The van der Waals surface area contributed by atoms with Crippen LogP contribution >= 0.6 is 24.0 Å². The zero-order chi connectivity index (χ0) is 20.4. The van der Waals surface area contributed by atoms with Gasteiger partial charge in [-0.3, -0.25) is 4.99 Å². The summed E-state index contributed by atoms with van der Waals surface area (Å²) in [4.78, 5) is 4.30. The second-order valence-corrected chi connectivity index (χ2v) is 6.54. The van der Waals surface area contributed by atoms with Gasteiger partial charge >= 0.3 is 0 Å². The van der Waals surface area contributed by atoms with Gasteiger partial charge in [-0.25, -0.2) is 0 Å². The van der Waals surface area contributed by atoms with Gasteiger partial charge in [0.25, 0.3) is 0 Å². The molecule has 0 aliphatic rings. The number of rotatable bonds is 9. The number of guanidine groups is 1. The van der Waals surface area contributed by atoms with Crippen molar-refractivity contribution in [3.05, 3.63) is 58.7 Å². The number of aryl methyl sites for hydroxylation is 2. The Bertz CT molecular complexity index is 797. The minimum absolute atomic E-state index is 0. The van der Waals surface area contributed by atoms with Gasteiger partial charge in [-0.1, -0.05) is 24.3 Å². The van der Waals surface area contributed by atoms with E-state index in [1.165, 1.54) is 0 Å². The third-order valence-corrected chi connectivity index (χ3v) is 4.37. The van der Waals surface area contributed by atoms with Crippen LogP contribution in [0.3, 0.4) is 0 Å². The van der Waals surface area contributed by atoms with Crippen molar-refractivity contribution in [2.45, 2.75) is 26.9 Å². The first-order valence-corrected chi connectivity index (χ1v) is 9.36.